The molecule has 0 N–H and O–H groups in total. The van der Waals surface area contributed by atoms with Gasteiger partial charge in [-0.3, -0.25) is 0 Å². The molecule has 5 rings (SSSR count). The Bertz CT molecular complexity index is 1440. The number of hydrogen-bond acceptors (Lipinski definition) is 8. The number of piperazine rings is 1. The molecule has 0 saturated carbocycles. The SMILES string of the molecule is Cc1cc(N2CCN(c3cc(C)c(N=Nc4n(C)nc[n+]4C)cc3C)CC2)c(C)cc1N=Nc1n(C)nc[n+]1C.[CH3-].[CH3-]. The van der Waals surface area contributed by atoms with Crippen molar-refractivity contribution in [1.29, 1.82) is 0 Å². The van der Waals surface area contributed by atoms with E-state index >= 15 is 0 Å². The number of anilines is 2. The fourth-order valence-corrected chi connectivity index (χ4v) is 5.10. The van der Waals surface area contributed by atoms with Gasteiger partial charge in [-0.2, -0.15) is 0 Å². The average molecular weight is 573 g/mol. The van der Waals surface area contributed by atoms with Gasteiger partial charge >= 0.3 is 11.9 Å². The summed E-state index contributed by atoms with van der Waals surface area (Å²) in [6.45, 7) is 12.3. The number of aryl methyl sites for hydroxylation is 8. The minimum Gasteiger partial charge on any atom is -0.368 e. The van der Waals surface area contributed by atoms with Crippen LogP contribution in [-0.4, -0.2) is 45.7 Å². The van der Waals surface area contributed by atoms with E-state index in [1.807, 2.05) is 37.3 Å². The van der Waals surface area contributed by atoms with Gasteiger partial charge < -0.3 is 24.7 Å². The van der Waals surface area contributed by atoms with Crippen LogP contribution in [0.5, 0.6) is 0 Å². The molecular weight excluding hydrogens is 528 g/mol. The number of benzene rings is 2. The van der Waals surface area contributed by atoms with Crippen LogP contribution in [0.3, 0.4) is 0 Å². The quantitative estimate of drug-likeness (QED) is 0.182. The zero-order chi connectivity index (χ0) is 28.6. The van der Waals surface area contributed by atoms with Crippen LogP contribution in [0.15, 0.2) is 57.4 Å². The van der Waals surface area contributed by atoms with Gasteiger partial charge in [-0.05, 0) is 84.4 Å². The smallest absolute Gasteiger partial charge is 0.368 e. The summed E-state index contributed by atoms with van der Waals surface area (Å²) in [4.78, 5) is 4.94. The Morgan fingerprint density at radius 1 is 0.571 bits per heavy atom. The van der Waals surface area contributed by atoms with Crippen LogP contribution < -0.4 is 18.9 Å². The Morgan fingerprint density at radius 2 is 0.929 bits per heavy atom. The van der Waals surface area contributed by atoms with Gasteiger partial charge in [-0.1, -0.05) is 10.2 Å². The lowest BCUT2D eigenvalue weighted by Gasteiger charge is -2.39. The van der Waals surface area contributed by atoms with E-state index in [4.69, 9.17) is 0 Å². The molecule has 0 unspecified atom stereocenters. The van der Waals surface area contributed by atoms with E-state index in [2.05, 4.69) is 92.4 Å². The van der Waals surface area contributed by atoms with E-state index in [-0.39, 0.29) is 14.9 Å². The zero-order valence-corrected chi connectivity index (χ0v) is 26.7. The molecule has 0 spiro atoms. The molecule has 3 heterocycles. The maximum absolute atomic E-state index is 4.53. The summed E-state index contributed by atoms with van der Waals surface area (Å²) < 4.78 is 7.12. The molecule has 0 amide bonds. The molecule has 0 radical (unpaired) electrons. The number of rotatable bonds is 6. The molecule has 4 aromatic rings. The normalized spacial score (nSPS) is 13.6. The molecule has 0 aliphatic carbocycles. The lowest BCUT2D eigenvalue weighted by Crippen LogP contribution is -2.47. The fourth-order valence-electron chi connectivity index (χ4n) is 5.10. The van der Waals surface area contributed by atoms with Gasteiger partial charge in [0.15, 0.2) is 0 Å². The highest BCUT2D eigenvalue weighted by Crippen LogP contribution is 2.33. The van der Waals surface area contributed by atoms with E-state index in [1.54, 1.807) is 22.0 Å². The number of hydrogen-bond donors (Lipinski definition) is 0. The van der Waals surface area contributed by atoms with Crippen LogP contribution in [0.1, 0.15) is 22.3 Å². The van der Waals surface area contributed by atoms with E-state index in [0.717, 1.165) is 48.7 Å². The summed E-state index contributed by atoms with van der Waals surface area (Å²) in [5.41, 5.74) is 8.88. The second kappa shape index (κ2) is 13.0. The lowest BCUT2D eigenvalue weighted by molar-refractivity contribution is -0.659. The van der Waals surface area contributed by atoms with Crippen molar-refractivity contribution in [2.75, 3.05) is 36.0 Å². The van der Waals surface area contributed by atoms with Crippen molar-refractivity contribution in [3.63, 3.8) is 0 Å². The summed E-state index contributed by atoms with van der Waals surface area (Å²) in [5.74, 6) is 1.39. The third-order valence-corrected chi connectivity index (χ3v) is 7.49. The Balaban J connectivity index is 0.00000242. The first-order valence-corrected chi connectivity index (χ1v) is 13.4. The molecule has 2 aromatic heterocycles. The second-order valence-electron chi connectivity index (χ2n) is 10.6. The number of azo groups is 2. The van der Waals surface area contributed by atoms with Crippen LogP contribution in [-0.2, 0) is 28.2 Å². The van der Waals surface area contributed by atoms with Gasteiger partial charge in [0.25, 0.3) is 0 Å². The van der Waals surface area contributed by atoms with Crippen LogP contribution in [0.2, 0.25) is 0 Å². The highest BCUT2D eigenvalue weighted by atomic mass is 15.4. The van der Waals surface area contributed by atoms with E-state index in [9.17, 15) is 0 Å². The predicted molar refractivity (Wildman–Crippen MR) is 166 cm³/mol. The third kappa shape index (κ3) is 6.37. The van der Waals surface area contributed by atoms with Gasteiger partial charge in [-0.25, -0.2) is 9.13 Å². The molecule has 1 fully saturated rings. The van der Waals surface area contributed by atoms with Crippen LogP contribution in [0.4, 0.5) is 34.6 Å². The predicted octanol–water partition coefficient (Wildman–Crippen LogP) is 5.09. The lowest BCUT2D eigenvalue weighted by atomic mass is 10.1. The zero-order valence-electron chi connectivity index (χ0n) is 26.7. The molecule has 224 valence electrons. The van der Waals surface area contributed by atoms with Gasteiger partial charge in [0.1, 0.15) is 11.4 Å². The summed E-state index contributed by atoms with van der Waals surface area (Å²) in [6.07, 6.45) is 3.45. The molecule has 1 aliphatic heterocycles. The minimum absolute atomic E-state index is 0. The monoisotopic (exact) mass is 572 g/mol. The average Bonchev–Trinajstić information content (AvgIpc) is 3.43. The standard InChI is InChI=1S/C28H38N12.2CH3/c1-19-15-25(21(3)13-23(19)31-33-27-35(5)17-29-37(27)7)39-9-11-40(12-10-39)26-16-20(2)24(14-22(26)4)32-34-28-36(6)18-30-38(28)8;;/h13-18H,9-12H2,1-8H3;2*1H3/q+2;2*-1. The van der Waals surface area contributed by atoms with Crippen LogP contribution in [0, 0.1) is 42.5 Å². The maximum Gasteiger partial charge on any atom is 0.403 e. The second-order valence-corrected chi connectivity index (χ2v) is 10.6. The van der Waals surface area contributed by atoms with E-state index in [0.29, 0.717) is 11.9 Å². The van der Waals surface area contributed by atoms with Gasteiger partial charge in [-0.15, -0.1) is 9.36 Å². The van der Waals surface area contributed by atoms with Gasteiger partial charge in [0.2, 0.25) is 12.7 Å². The largest absolute Gasteiger partial charge is 0.403 e. The topological polar surface area (TPSA) is 99.3 Å². The van der Waals surface area contributed by atoms with Gasteiger partial charge in [0, 0.05) is 47.8 Å². The molecule has 12 nitrogen and oxygen atoms in total. The maximum atomic E-state index is 4.53. The molecule has 0 bridgehead atoms. The van der Waals surface area contributed by atoms with Crippen molar-refractivity contribution in [2.24, 2.45) is 48.6 Å². The first kappa shape index (κ1) is 32.0. The van der Waals surface area contributed by atoms with Crippen molar-refractivity contribution in [3.05, 3.63) is 74.0 Å². The molecular formula is C30H44N12. The van der Waals surface area contributed by atoms with Crippen LogP contribution in [0.25, 0.3) is 0 Å². The molecule has 0 atom stereocenters. The van der Waals surface area contributed by atoms with Crippen molar-refractivity contribution in [1.82, 2.24) is 19.6 Å². The first-order valence-electron chi connectivity index (χ1n) is 13.4. The van der Waals surface area contributed by atoms with E-state index < -0.39 is 0 Å². The molecule has 1 aliphatic rings. The van der Waals surface area contributed by atoms with Crippen molar-refractivity contribution in [2.45, 2.75) is 27.7 Å². The highest BCUT2D eigenvalue weighted by Gasteiger charge is 2.22. The molecule has 42 heavy (non-hydrogen) atoms. The van der Waals surface area contributed by atoms with E-state index in [1.165, 1.54) is 22.5 Å². The van der Waals surface area contributed by atoms with Crippen molar-refractivity contribution >= 4 is 34.6 Å². The Hall–Kier alpha value is -4.48. The summed E-state index contributed by atoms with van der Waals surface area (Å²) >= 11 is 0. The molecule has 12 heteroatoms. The third-order valence-electron chi connectivity index (χ3n) is 7.49. The number of nitrogens with zero attached hydrogens (tertiary/aromatic N) is 12. The van der Waals surface area contributed by atoms with Crippen molar-refractivity contribution < 1.29 is 9.13 Å². The number of aromatic nitrogens is 6. The molecule has 1 saturated heterocycles. The molecule has 2 aromatic carbocycles. The Labute approximate surface area is 249 Å². The fraction of sp³-hybridized carbons (Fsp3) is 0.400. The van der Waals surface area contributed by atoms with Crippen molar-refractivity contribution in [3.8, 4) is 0 Å². The summed E-state index contributed by atoms with van der Waals surface area (Å²) in [6, 6.07) is 8.73. The highest BCUT2D eigenvalue weighted by molar-refractivity contribution is 5.66. The Morgan fingerprint density at radius 3 is 1.24 bits per heavy atom. The van der Waals surface area contributed by atoms with Crippen LogP contribution >= 0.6 is 0 Å². The summed E-state index contributed by atoms with van der Waals surface area (Å²) in [5, 5.41) is 26.3. The Kier molecular flexibility index (Phi) is 9.92. The minimum atomic E-state index is 0. The first-order chi connectivity index (χ1) is 19.1. The summed E-state index contributed by atoms with van der Waals surface area (Å²) in [7, 11) is 7.55. The van der Waals surface area contributed by atoms with Gasteiger partial charge in [0.05, 0.1) is 28.2 Å².